The zero-order valence-electron chi connectivity index (χ0n) is 17.6. The van der Waals surface area contributed by atoms with Gasteiger partial charge in [-0.05, 0) is 49.2 Å². The Labute approximate surface area is 177 Å². The predicted molar refractivity (Wildman–Crippen MR) is 118 cm³/mol. The van der Waals surface area contributed by atoms with E-state index in [0.29, 0.717) is 31.9 Å². The summed E-state index contributed by atoms with van der Waals surface area (Å²) < 4.78 is 5.58. The minimum Gasteiger partial charge on any atom is -0.381 e. The quantitative estimate of drug-likeness (QED) is 0.845. The van der Waals surface area contributed by atoms with Crippen LogP contribution >= 0.6 is 0 Å². The minimum atomic E-state index is -0.244. The SMILES string of the molecule is CN(C)c1ccc(C(=O)N2CC(C(=O)Nc3ccccc3)C3(CCOCC3)C2)cc1. The molecule has 1 N–H and O–H groups in total. The fourth-order valence-electron chi connectivity index (χ4n) is 4.60. The number of rotatable bonds is 4. The van der Waals surface area contributed by atoms with Crippen LogP contribution in [0.5, 0.6) is 0 Å². The molecule has 2 heterocycles. The number of nitrogens with one attached hydrogen (secondary N) is 1. The molecule has 6 heteroatoms. The lowest BCUT2D eigenvalue weighted by molar-refractivity contribution is -0.124. The van der Waals surface area contributed by atoms with E-state index in [2.05, 4.69) is 5.32 Å². The van der Waals surface area contributed by atoms with Gasteiger partial charge in [0.15, 0.2) is 0 Å². The predicted octanol–water partition coefficient (Wildman–Crippen LogP) is 3.26. The molecule has 1 spiro atoms. The third-order valence-electron chi connectivity index (χ3n) is 6.41. The molecular weight excluding hydrogens is 378 g/mol. The zero-order chi connectivity index (χ0) is 21.1. The standard InChI is InChI=1S/C24H29N3O3/c1-26(2)20-10-8-18(9-11-20)23(29)27-16-21(24(17-27)12-14-30-15-13-24)22(28)25-19-6-4-3-5-7-19/h3-11,21H,12-17H2,1-2H3,(H,25,28). The van der Waals surface area contributed by atoms with Crippen LogP contribution < -0.4 is 10.2 Å². The van der Waals surface area contributed by atoms with Crippen LogP contribution in [0.3, 0.4) is 0 Å². The Morgan fingerprint density at radius 3 is 2.33 bits per heavy atom. The summed E-state index contributed by atoms with van der Waals surface area (Å²) in [5.41, 5.74) is 2.27. The Hall–Kier alpha value is -2.86. The molecule has 0 aliphatic carbocycles. The first kappa shape index (κ1) is 20.4. The number of carbonyl (C=O) groups excluding carboxylic acids is 2. The van der Waals surface area contributed by atoms with Crippen LogP contribution in [0.15, 0.2) is 54.6 Å². The lowest BCUT2D eigenvalue weighted by Crippen LogP contribution is -2.42. The van der Waals surface area contributed by atoms with Gasteiger partial charge in [-0.2, -0.15) is 0 Å². The van der Waals surface area contributed by atoms with E-state index < -0.39 is 0 Å². The van der Waals surface area contributed by atoms with E-state index in [0.717, 1.165) is 24.2 Å². The van der Waals surface area contributed by atoms with Gasteiger partial charge in [0.1, 0.15) is 0 Å². The number of amides is 2. The Kier molecular flexibility index (Phi) is 5.77. The second-order valence-electron chi connectivity index (χ2n) is 8.51. The molecule has 0 radical (unpaired) electrons. The van der Waals surface area contributed by atoms with Crippen molar-refractivity contribution in [3.8, 4) is 0 Å². The van der Waals surface area contributed by atoms with Gasteiger partial charge in [-0.3, -0.25) is 9.59 Å². The molecule has 0 saturated carbocycles. The average molecular weight is 408 g/mol. The third kappa shape index (κ3) is 4.05. The van der Waals surface area contributed by atoms with Gasteiger partial charge in [-0.25, -0.2) is 0 Å². The first-order chi connectivity index (χ1) is 14.5. The molecule has 4 rings (SSSR count). The summed E-state index contributed by atoms with van der Waals surface area (Å²) >= 11 is 0. The monoisotopic (exact) mass is 407 g/mol. The van der Waals surface area contributed by atoms with Crippen molar-refractivity contribution in [3.63, 3.8) is 0 Å². The highest BCUT2D eigenvalue weighted by atomic mass is 16.5. The fraction of sp³-hybridized carbons (Fsp3) is 0.417. The summed E-state index contributed by atoms with van der Waals surface area (Å²) in [7, 11) is 3.95. The topological polar surface area (TPSA) is 61.9 Å². The number of nitrogens with zero attached hydrogens (tertiary/aromatic N) is 2. The van der Waals surface area contributed by atoms with E-state index in [-0.39, 0.29) is 23.1 Å². The smallest absolute Gasteiger partial charge is 0.253 e. The molecule has 2 fully saturated rings. The first-order valence-electron chi connectivity index (χ1n) is 10.5. The highest BCUT2D eigenvalue weighted by Gasteiger charge is 2.51. The molecule has 0 bridgehead atoms. The molecule has 2 aliphatic rings. The van der Waals surface area contributed by atoms with Crippen molar-refractivity contribution in [2.45, 2.75) is 12.8 Å². The van der Waals surface area contributed by atoms with E-state index in [1.165, 1.54) is 0 Å². The van der Waals surface area contributed by atoms with Crippen LogP contribution in [-0.2, 0) is 9.53 Å². The minimum absolute atomic E-state index is 0.0126. The summed E-state index contributed by atoms with van der Waals surface area (Å²) in [4.78, 5) is 30.3. The molecule has 1 unspecified atom stereocenters. The molecule has 1 atom stereocenters. The van der Waals surface area contributed by atoms with E-state index in [1.54, 1.807) is 0 Å². The van der Waals surface area contributed by atoms with Crippen LogP contribution in [0.4, 0.5) is 11.4 Å². The fourth-order valence-corrected chi connectivity index (χ4v) is 4.60. The number of hydrogen-bond donors (Lipinski definition) is 1. The van der Waals surface area contributed by atoms with E-state index in [4.69, 9.17) is 4.74 Å². The highest BCUT2D eigenvalue weighted by Crippen LogP contribution is 2.45. The van der Waals surface area contributed by atoms with Crippen molar-refractivity contribution in [2.24, 2.45) is 11.3 Å². The maximum absolute atomic E-state index is 13.2. The van der Waals surface area contributed by atoms with Gasteiger partial charge in [0.05, 0.1) is 5.92 Å². The highest BCUT2D eigenvalue weighted by molar-refractivity contribution is 5.97. The van der Waals surface area contributed by atoms with Crippen LogP contribution in [0.1, 0.15) is 23.2 Å². The Morgan fingerprint density at radius 2 is 1.70 bits per heavy atom. The molecule has 0 aromatic heterocycles. The van der Waals surface area contributed by atoms with Gasteiger partial charge in [0.25, 0.3) is 5.91 Å². The third-order valence-corrected chi connectivity index (χ3v) is 6.41. The van der Waals surface area contributed by atoms with Gasteiger partial charge in [-0.15, -0.1) is 0 Å². The Bertz CT molecular complexity index is 890. The lowest BCUT2D eigenvalue weighted by atomic mass is 9.71. The normalized spacial score (nSPS) is 20.2. The van der Waals surface area contributed by atoms with Crippen molar-refractivity contribution >= 4 is 23.2 Å². The number of para-hydroxylation sites is 1. The average Bonchev–Trinajstić information content (AvgIpc) is 3.13. The van der Waals surface area contributed by atoms with Crippen LogP contribution in [0.2, 0.25) is 0 Å². The summed E-state index contributed by atoms with van der Waals surface area (Å²) in [5.74, 6) is -0.269. The second kappa shape index (κ2) is 8.48. The molecule has 158 valence electrons. The number of ether oxygens (including phenoxy) is 1. The summed E-state index contributed by atoms with van der Waals surface area (Å²) in [6.07, 6.45) is 1.59. The van der Waals surface area contributed by atoms with Gasteiger partial charge in [0, 0.05) is 62.8 Å². The molecule has 2 saturated heterocycles. The lowest BCUT2D eigenvalue weighted by Gasteiger charge is -2.37. The summed E-state index contributed by atoms with van der Waals surface area (Å²) in [5, 5.41) is 3.05. The van der Waals surface area contributed by atoms with Gasteiger partial charge < -0.3 is 19.9 Å². The molecule has 2 aromatic rings. The number of anilines is 2. The molecule has 30 heavy (non-hydrogen) atoms. The van der Waals surface area contributed by atoms with Crippen molar-refractivity contribution in [2.75, 3.05) is 50.6 Å². The van der Waals surface area contributed by atoms with Crippen molar-refractivity contribution in [1.82, 2.24) is 4.90 Å². The van der Waals surface area contributed by atoms with Crippen LogP contribution in [-0.4, -0.2) is 57.1 Å². The maximum atomic E-state index is 13.2. The van der Waals surface area contributed by atoms with Crippen LogP contribution in [0, 0.1) is 11.3 Å². The van der Waals surface area contributed by atoms with Crippen molar-refractivity contribution < 1.29 is 14.3 Å². The Balaban J connectivity index is 1.54. The van der Waals surface area contributed by atoms with Gasteiger partial charge >= 0.3 is 0 Å². The van der Waals surface area contributed by atoms with E-state index in [1.807, 2.05) is 78.5 Å². The summed E-state index contributed by atoms with van der Waals surface area (Å²) in [6.45, 7) is 2.30. The van der Waals surface area contributed by atoms with E-state index in [9.17, 15) is 9.59 Å². The van der Waals surface area contributed by atoms with Crippen molar-refractivity contribution in [1.29, 1.82) is 0 Å². The molecule has 2 aromatic carbocycles. The number of benzene rings is 2. The molecule has 6 nitrogen and oxygen atoms in total. The molecule has 2 amide bonds. The largest absolute Gasteiger partial charge is 0.381 e. The number of likely N-dealkylation sites (tertiary alicyclic amines) is 1. The molecule has 2 aliphatic heterocycles. The number of carbonyl (C=O) groups is 2. The van der Waals surface area contributed by atoms with Crippen LogP contribution in [0.25, 0.3) is 0 Å². The number of hydrogen-bond acceptors (Lipinski definition) is 4. The zero-order valence-corrected chi connectivity index (χ0v) is 17.6. The van der Waals surface area contributed by atoms with Crippen molar-refractivity contribution in [3.05, 3.63) is 60.2 Å². The Morgan fingerprint density at radius 1 is 1.03 bits per heavy atom. The molecular formula is C24H29N3O3. The second-order valence-corrected chi connectivity index (χ2v) is 8.51. The van der Waals surface area contributed by atoms with Gasteiger partial charge in [-0.1, -0.05) is 18.2 Å². The first-order valence-corrected chi connectivity index (χ1v) is 10.5. The summed E-state index contributed by atoms with van der Waals surface area (Å²) in [6, 6.07) is 17.1. The van der Waals surface area contributed by atoms with Gasteiger partial charge in [0.2, 0.25) is 5.91 Å². The maximum Gasteiger partial charge on any atom is 0.253 e. The van der Waals surface area contributed by atoms with E-state index >= 15 is 0 Å².